The number of nitrogens with zero attached hydrogens (tertiary/aromatic N) is 1. The molecule has 0 saturated carbocycles. The van der Waals surface area contributed by atoms with Crippen LogP contribution in [0.1, 0.15) is 38.2 Å². The number of benzene rings is 1. The standard InChI is InChI=1S/C18H29N3O3S.ClH/c1-2-25(23,24)21-14-10-18(11-15-21,16-8-4-3-5-9-16)17(22)20-13-7-6-12-19;/h3-5,8-9H,2,6-7,10-15,19H2,1H3,(H,20,22);1H. The first-order valence-electron chi connectivity index (χ1n) is 8.98. The van der Waals surface area contributed by atoms with Gasteiger partial charge in [0, 0.05) is 19.6 Å². The molecule has 1 aromatic carbocycles. The number of unbranched alkanes of at least 4 members (excludes halogenated alkanes) is 1. The number of hydrogen-bond acceptors (Lipinski definition) is 4. The van der Waals surface area contributed by atoms with Gasteiger partial charge in [-0.3, -0.25) is 4.79 Å². The molecule has 1 aliphatic rings. The highest BCUT2D eigenvalue weighted by Gasteiger charge is 2.44. The first-order valence-corrected chi connectivity index (χ1v) is 10.6. The molecule has 1 heterocycles. The van der Waals surface area contributed by atoms with Crippen LogP contribution in [-0.2, 0) is 20.2 Å². The molecular weight excluding hydrogens is 374 g/mol. The Bertz CT molecular complexity index is 660. The fraction of sp³-hybridized carbons (Fsp3) is 0.611. The summed E-state index contributed by atoms with van der Waals surface area (Å²) in [4.78, 5) is 13.0. The fourth-order valence-electron chi connectivity index (χ4n) is 3.37. The van der Waals surface area contributed by atoms with Crippen LogP contribution in [-0.4, -0.2) is 50.6 Å². The monoisotopic (exact) mass is 403 g/mol. The first kappa shape index (κ1) is 22.9. The summed E-state index contributed by atoms with van der Waals surface area (Å²) in [5.41, 5.74) is 5.79. The number of carbonyl (C=O) groups excluding carboxylic acids is 1. The van der Waals surface area contributed by atoms with Gasteiger partial charge in [0.05, 0.1) is 11.2 Å². The topological polar surface area (TPSA) is 92.5 Å². The summed E-state index contributed by atoms with van der Waals surface area (Å²) in [5.74, 6) is 0.0839. The van der Waals surface area contributed by atoms with Crippen LogP contribution in [0.15, 0.2) is 30.3 Å². The highest BCUT2D eigenvalue weighted by molar-refractivity contribution is 7.89. The van der Waals surface area contributed by atoms with Crippen molar-refractivity contribution in [3.8, 4) is 0 Å². The molecule has 0 atom stereocenters. The third kappa shape index (κ3) is 5.19. The van der Waals surface area contributed by atoms with Gasteiger partial charge in [-0.15, -0.1) is 12.4 Å². The number of piperidine rings is 1. The second kappa shape index (κ2) is 10.3. The van der Waals surface area contributed by atoms with E-state index in [1.165, 1.54) is 4.31 Å². The number of halogens is 1. The van der Waals surface area contributed by atoms with E-state index in [2.05, 4.69) is 5.32 Å². The number of hydrogen-bond donors (Lipinski definition) is 2. The molecule has 1 aromatic rings. The van der Waals surface area contributed by atoms with Crippen molar-refractivity contribution in [3.63, 3.8) is 0 Å². The minimum absolute atomic E-state index is 0. The van der Waals surface area contributed by atoms with Crippen molar-refractivity contribution < 1.29 is 13.2 Å². The first-order chi connectivity index (χ1) is 12.0. The summed E-state index contributed by atoms with van der Waals surface area (Å²) in [6, 6.07) is 9.70. The van der Waals surface area contributed by atoms with E-state index in [1.54, 1.807) is 6.92 Å². The Hall–Kier alpha value is -1.15. The Labute approximate surface area is 163 Å². The molecule has 1 aliphatic heterocycles. The number of carbonyl (C=O) groups is 1. The number of nitrogens with one attached hydrogen (secondary N) is 1. The van der Waals surface area contributed by atoms with Crippen LogP contribution in [0.25, 0.3) is 0 Å². The lowest BCUT2D eigenvalue weighted by Gasteiger charge is -2.40. The minimum atomic E-state index is -3.22. The molecule has 0 spiro atoms. The lowest BCUT2D eigenvalue weighted by Crippen LogP contribution is -2.53. The Morgan fingerprint density at radius 3 is 2.35 bits per heavy atom. The van der Waals surface area contributed by atoms with Crippen LogP contribution in [0.4, 0.5) is 0 Å². The summed E-state index contributed by atoms with van der Waals surface area (Å²) in [7, 11) is -3.22. The molecule has 8 heteroatoms. The van der Waals surface area contributed by atoms with E-state index in [0.717, 1.165) is 18.4 Å². The normalized spacial score (nSPS) is 17.3. The quantitative estimate of drug-likeness (QED) is 0.645. The molecule has 148 valence electrons. The van der Waals surface area contributed by atoms with Gasteiger partial charge in [0.15, 0.2) is 0 Å². The molecule has 0 radical (unpaired) electrons. The SMILES string of the molecule is CCS(=O)(=O)N1CCC(C(=O)NCCCCN)(c2ccccc2)CC1.Cl. The van der Waals surface area contributed by atoms with E-state index in [4.69, 9.17) is 5.73 Å². The average Bonchev–Trinajstić information content (AvgIpc) is 2.65. The van der Waals surface area contributed by atoms with Gasteiger partial charge in [-0.25, -0.2) is 12.7 Å². The summed E-state index contributed by atoms with van der Waals surface area (Å²) < 4.78 is 25.8. The maximum Gasteiger partial charge on any atom is 0.230 e. The number of nitrogens with two attached hydrogens (primary N) is 1. The third-order valence-electron chi connectivity index (χ3n) is 5.01. The minimum Gasteiger partial charge on any atom is -0.355 e. The van der Waals surface area contributed by atoms with E-state index >= 15 is 0 Å². The van der Waals surface area contributed by atoms with Crippen LogP contribution >= 0.6 is 12.4 Å². The third-order valence-corrected chi connectivity index (χ3v) is 6.89. The van der Waals surface area contributed by atoms with Crippen molar-refractivity contribution in [2.45, 2.75) is 38.0 Å². The van der Waals surface area contributed by atoms with Gasteiger partial charge in [-0.2, -0.15) is 0 Å². The van der Waals surface area contributed by atoms with Gasteiger partial charge in [0.1, 0.15) is 0 Å². The Morgan fingerprint density at radius 2 is 1.81 bits per heavy atom. The summed E-state index contributed by atoms with van der Waals surface area (Å²) in [5, 5.41) is 3.03. The second-order valence-electron chi connectivity index (χ2n) is 6.50. The molecule has 0 aromatic heterocycles. The maximum atomic E-state index is 13.0. The van der Waals surface area contributed by atoms with E-state index in [1.807, 2.05) is 30.3 Å². The Morgan fingerprint density at radius 1 is 1.19 bits per heavy atom. The highest BCUT2D eigenvalue weighted by Crippen LogP contribution is 2.36. The molecular formula is C18H30ClN3O3S. The van der Waals surface area contributed by atoms with Crippen LogP contribution in [0, 0.1) is 0 Å². The molecule has 3 N–H and O–H groups in total. The van der Waals surface area contributed by atoms with Crippen molar-refractivity contribution in [1.29, 1.82) is 0 Å². The van der Waals surface area contributed by atoms with E-state index in [-0.39, 0.29) is 24.1 Å². The molecule has 0 bridgehead atoms. The number of sulfonamides is 1. The van der Waals surface area contributed by atoms with Crippen molar-refractivity contribution in [3.05, 3.63) is 35.9 Å². The summed E-state index contributed by atoms with van der Waals surface area (Å²) >= 11 is 0. The average molecular weight is 404 g/mol. The zero-order chi connectivity index (χ0) is 18.3. The maximum absolute atomic E-state index is 13.0. The van der Waals surface area contributed by atoms with Crippen molar-refractivity contribution in [1.82, 2.24) is 9.62 Å². The Kier molecular flexibility index (Phi) is 9.03. The molecule has 0 unspecified atom stereocenters. The van der Waals surface area contributed by atoms with E-state index in [9.17, 15) is 13.2 Å². The molecule has 1 fully saturated rings. The summed E-state index contributed by atoms with van der Waals surface area (Å²) in [6.45, 7) is 3.62. The second-order valence-corrected chi connectivity index (χ2v) is 8.76. The molecule has 1 saturated heterocycles. The molecule has 0 aliphatic carbocycles. The summed E-state index contributed by atoms with van der Waals surface area (Å²) in [6.07, 6.45) is 2.72. The predicted molar refractivity (Wildman–Crippen MR) is 107 cm³/mol. The molecule has 2 rings (SSSR count). The van der Waals surface area contributed by atoms with Crippen molar-refractivity contribution in [2.75, 3.05) is 31.9 Å². The molecule has 26 heavy (non-hydrogen) atoms. The molecule has 6 nitrogen and oxygen atoms in total. The number of rotatable bonds is 8. The number of amides is 1. The van der Waals surface area contributed by atoms with Gasteiger partial charge in [0.2, 0.25) is 15.9 Å². The van der Waals surface area contributed by atoms with Gasteiger partial charge in [-0.1, -0.05) is 30.3 Å². The van der Waals surface area contributed by atoms with Crippen molar-refractivity contribution in [2.24, 2.45) is 5.73 Å². The zero-order valence-electron chi connectivity index (χ0n) is 15.3. The van der Waals surface area contributed by atoms with Gasteiger partial charge < -0.3 is 11.1 Å². The van der Waals surface area contributed by atoms with Crippen LogP contribution in [0.3, 0.4) is 0 Å². The van der Waals surface area contributed by atoms with E-state index in [0.29, 0.717) is 39.0 Å². The van der Waals surface area contributed by atoms with E-state index < -0.39 is 15.4 Å². The smallest absolute Gasteiger partial charge is 0.230 e. The molecule has 1 amide bonds. The van der Waals surface area contributed by atoms with Crippen molar-refractivity contribution >= 4 is 28.3 Å². The highest BCUT2D eigenvalue weighted by atomic mass is 35.5. The van der Waals surface area contributed by atoms with Gasteiger partial charge in [-0.05, 0) is 44.7 Å². The van der Waals surface area contributed by atoms with Crippen LogP contribution < -0.4 is 11.1 Å². The lowest BCUT2D eigenvalue weighted by atomic mass is 9.72. The Balaban J connectivity index is 0.00000338. The predicted octanol–water partition coefficient (Wildman–Crippen LogP) is 1.65. The van der Waals surface area contributed by atoms with Gasteiger partial charge in [0.25, 0.3) is 0 Å². The van der Waals surface area contributed by atoms with Crippen LogP contribution in [0.5, 0.6) is 0 Å². The lowest BCUT2D eigenvalue weighted by molar-refractivity contribution is -0.128. The largest absolute Gasteiger partial charge is 0.355 e. The van der Waals surface area contributed by atoms with Gasteiger partial charge >= 0.3 is 0 Å². The van der Waals surface area contributed by atoms with Crippen LogP contribution in [0.2, 0.25) is 0 Å². The fourth-order valence-corrected chi connectivity index (χ4v) is 4.48. The zero-order valence-corrected chi connectivity index (χ0v) is 16.9.